The lowest BCUT2D eigenvalue weighted by atomic mass is 10.0. The van der Waals surface area contributed by atoms with E-state index in [0.717, 1.165) is 32.9 Å². The number of carboxylic acid groups (broad SMARTS) is 1. The molecule has 5 atom stereocenters. The van der Waals surface area contributed by atoms with E-state index in [1.54, 1.807) is 36.7 Å². The van der Waals surface area contributed by atoms with Gasteiger partial charge in [-0.1, -0.05) is 66.7 Å². The van der Waals surface area contributed by atoms with E-state index in [4.69, 9.17) is 5.73 Å². The number of para-hydroxylation sites is 2. The van der Waals surface area contributed by atoms with Crippen molar-refractivity contribution in [2.75, 3.05) is 0 Å². The Morgan fingerprint density at radius 3 is 1.64 bits per heavy atom. The number of fused-ring (bicyclic) bond motifs is 2. The van der Waals surface area contributed by atoms with Crippen molar-refractivity contribution >= 4 is 45.5 Å². The molecule has 0 radical (unpaired) electrons. The molecule has 0 aliphatic carbocycles. The summed E-state index contributed by atoms with van der Waals surface area (Å²) in [6.07, 6.45) is 2.39. The average Bonchev–Trinajstić information content (AvgIpc) is 3.67. The molecule has 2 aromatic heterocycles. The maximum atomic E-state index is 13.9. The molecule has 0 bridgehead atoms. The zero-order valence-electron chi connectivity index (χ0n) is 25.8. The van der Waals surface area contributed by atoms with Gasteiger partial charge in [0.25, 0.3) is 0 Å². The number of carboxylic acids is 1. The Kier molecular flexibility index (Phi) is 10.3. The first kappa shape index (κ1) is 32.9. The van der Waals surface area contributed by atoms with Crippen LogP contribution in [0.1, 0.15) is 23.6 Å². The van der Waals surface area contributed by atoms with Gasteiger partial charge in [-0.3, -0.25) is 14.4 Å². The van der Waals surface area contributed by atoms with Gasteiger partial charge in [-0.25, -0.2) is 4.79 Å². The van der Waals surface area contributed by atoms with Crippen LogP contribution < -0.4 is 21.7 Å². The predicted octanol–water partition coefficient (Wildman–Crippen LogP) is 1.92. The Balaban J connectivity index is 1.42. The molecule has 12 nitrogen and oxygen atoms in total. The Morgan fingerprint density at radius 2 is 1.11 bits per heavy atom. The zero-order chi connectivity index (χ0) is 33.5. The van der Waals surface area contributed by atoms with Gasteiger partial charge < -0.3 is 41.9 Å². The molecule has 0 aliphatic rings. The van der Waals surface area contributed by atoms with Crippen molar-refractivity contribution in [2.45, 2.75) is 56.5 Å². The number of nitrogens with one attached hydrogen (secondary N) is 5. The van der Waals surface area contributed by atoms with Crippen LogP contribution in [-0.4, -0.2) is 74.1 Å². The van der Waals surface area contributed by atoms with E-state index in [2.05, 4.69) is 25.9 Å². The standard InChI is InChI=1S/C35H38N6O6/c1-20(42)31(36)34(45)40-28(15-21-9-3-2-4-10-21)32(43)39-29(16-22-18-37-26-13-7-5-11-24(22)26)33(44)41-30(35(46)47)17-23-19-38-27-14-8-6-12-25(23)27/h2-14,18-20,28-31,37-38,42H,15-17,36H2,1H3,(H,39,43)(H,40,45)(H,41,44)(H,46,47). The van der Waals surface area contributed by atoms with Crippen LogP contribution in [0.4, 0.5) is 0 Å². The van der Waals surface area contributed by atoms with E-state index < -0.39 is 54.0 Å². The minimum absolute atomic E-state index is 0.00274. The Morgan fingerprint density at radius 1 is 0.660 bits per heavy atom. The first-order valence-corrected chi connectivity index (χ1v) is 15.3. The van der Waals surface area contributed by atoms with E-state index >= 15 is 0 Å². The molecule has 244 valence electrons. The number of benzene rings is 3. The van der Waals surface area contributed by atoms with Gasteiger partial charge in [0.2, 0.25) is 17.7 Å². The van der Waals surface area contributed by atoms with Crippen molar-refractivity contribution in [2.24, 2.45) is 5.73 Å². The highest BCUT2D eigenvalue weighted by atomic mass is 16.4. The fourth-order valence-corrected chi connectivity index (χ4v) is 5.54. The molecule has 5 rings (SSSR count). The molecule has 0 saturated heterocycles. The van der Waals surface area contributed by atoms with Gasteiger partial charge >= 0.3 is 5.97 Å². The fraction of sp³-hybridized carbons (Fsp3) is 0.257. The van der Waals surface area contributed by atoms with E-state index in [1.165, 1.54) is 6.92 Å². The molecule has 12 heteroatoms. The summed E-state index contributed by atoms with van der Waals surface area (Å²) in [5.41, 5.74) is 9.69. The van der Waals surface area contributed by atoms with Gasteiger partial charge in [0.1, 0.15) is 24.2 Å². The second-order valence-corrected chi connectivity index (χ2v) is 11.6. The van der Waals surface area contributed by atoms with E-state index in [0.29, 0.717) is 5.56 Å². The first-order chi connectivity index (χ1) is 22.6. The van der Waals surface area contributed by atoms with Gasteiger partial charge in [0.05, 0.1) is 6.10 Å². The number of hydrogen-bond acceptors (Lipinski definition) is 6. The molecular formula is C35H38N6O6. The Labute approximate surface area is 270 Å². The number of H-pyrrole nitrogens is 2. The fourth-order valence-electron chi connectivity index (χ4n) is 5.54. The van der Waals surface area contributed by atoms with Crippen LogP contribution >= 0.6 is 0 Å². The highest BCUT2D eigenvalue weighted by molar-refractivity contribution is 5.95. The summed E-state index contributed by atoms with van der Waals surface area (Å²) >= 11 is 0. The van der Waals surface area contributed by atoms with Crippen molar-refractivity contribution in [1.29, 1.82) is 0 Å². The average molecular weight is 639 g/mol. The maximum absolute atomic E-state index is 13.9. The number of carbonyl (C=O) groups excluding carboxylic acids is 3. The number of aromatic nitrogens is 2. The third-order valence-corrected chi connectivity index (χ3v) is 8.18. The molecule has 5 aromatic rings. The number of aliphatic hydroxyl groups is 1. The van der Waals surface area contributed by atoms with Gasteiger partial charge in [-0.15, -0.1) is 0 Å². The van der Waals surface area contributed by atoms with Crippen LogP contribution in [-0.2, 0) is 38.4 Å². The molecular weight excluding hydrogens is 600 g/mol. The number of rotatable bonds is 14. The molecule has 47 heavy (non-hydrogen) atoms. The number of aliphatic carboxylic acids is 1. The number of carbonyl (C=O) groups is 4. The molecule has 3 amide bonds. The first-order valence-electron chi connectivity index (χ1n) is 15.3. The normalized spacial score (nSPS) is 14.5. The number of aliphatic hydroxyl groups excluding tert-OH is 1. The van der Waals surface area contributed by atoms with Crippen molar-refractivity contribution < 1.29 is 29.4 Å². The summed E-state index contributed by atoms with van der Waals surface area (Å²) in [5.74, 6) is -3.36. The number of aromatic amines is 2. The molecule has 5 unspecified atom stereocenters. The molecule has 0 aliphatic heterocycles. The molecule has 2 heterocycles. The van der Waals surface area contributed by atoms with Gasteiger partial charge in [0.15, 0.2) is 0 Å². The number of nitrogens with two attached hydrogens (primary N) is 1. The van der Waals surface area contributed by atoms with Crippen LogP contribution in [0.5, 0.6) is 0 Å². The van der Waals surface area contributed by atoms with E-state index in [1.807, 2.05) is 54.6 Å². The summed E-state index contributed by atoms with van der Waals surface area (Å²) in [6, 6.07) is 19.0. The lowest BCUT2D eigenvalue weighted by molar-refractivity contribution is -0.142. The van der Waals surface area contributed by atoms with Crippen molar-refractivity contribution in [3.63, 3.8) is 0 Å². The second-order valence-electron chi connectivity index (χ2n) is 11.6. The highest BCUT2D eigenvalue weighted by Crippen LogP contribution is 2.21. The SMILES string of the molecule is CC(O)C(N)C(=O)NC(Cc1ccccc1)C(=O)NC(Cc1c[nH]c2ccccc12)C(=O)NC(Cc1c[nH]c2ccccc12)C(=O)O. The second kappa shape index (κ2) is 14.8. The van der Waals surface area contributed by atoms with Crippen molar-refractivity contribution in [1.82, 2.24) is 25.9 Å². The van der Waals surface area contributed by atoms with Crippen LogP contribution in [0, 0.1) is 0 Å². The quantitative estimate of drug-likeness (QED) is 0.0907. The van der Waals surface area contributed by atoms with Crippen LogP contribution in [0.15, 0.2) is 91.3 Å². The minimum Gasteiger partial charge on any atom is -0.480 e. The molecule has 0 spiro atoms. The molecule has 9 N–H and O–H groups in total. The summed E-state index contributed by atoms with van der Waals surface area (Å²) in [6.45, 7) is 1.37. The van der Waals surface area contributed by atoms with E-state index in [9.17, 15) is 29.4 Å². The predicted molar refractivity (Wildman–Crippen MR) is 177 cm³/mol. The van der Waals surface area contributed by atoms with Crippen LogP contribution in [0.25, 0.3) is 21.8 Å². The maximum Gasteiger partial charge on any atom is 0.326 e. The lowest BCUT2D eigenvalue weighted by Gasteiger charge is -2.26. The van der Waals surface area contributed by atoms with Gasteiger partial charge in [0, 0.05) is 53.5 Å². The monoisotopic (exact) mass is 638 g/mol. The molecule has 3 aromatic carbocycles. The van der Waals surface area contributed by atoms with Gasteiger partial charge in [-0.2, -0.15) is 0 Å². The third kappa shape index (κ3) is 8.04. The third-order valence-electron chi connectivity index (χ3n) is 8.18. The van der Waals surface area contributed by atoms with Gasteiger partial charge in [-0.05, 0) is 35.7 Å². The Hall–Kier alpha value is -5.46. The number of amides is 3. The van der Waals surface area contributed by atoms with E-state index in [-0.39, 0.29) is 19.3 Å². The Bertz CT molecular complexity index is 1870. The lowest BCUT2D eigenvalue weighted by Crippen LogP contribution is -2.59. The smallest absolute Gasteiger partial charge is 0.326 e. The van der Waals surface area contributed by atoms with Crippen molar-refractivity contribution in [3.8, 4) is 0 Å². The molecule has 0 saturated carbocycles. The van der Waals surface area contributed by atoms with Crippen LogP contribution in [0.2, 0.25) is 0 Å². The topological polar surface area (TPSA) is 202 Å². The highest BCUT2D eigenvalue weighted by Gasteiger charge is 2.32. The summed E-state index contributed by atoms with van der Waals surface area (Å²) in [7, 11) is 0. The molecule has 0 fully saturated rings. The largest absolute Gasteiger partial charge is 0.480 e. The summed E-state index contributed by atoms with van der Waals surface area (Å²) < 4.78 is 0. The summed E-state index contributed by atoms with van der Waals surface area (Å²) in [4.78, 5) is 59.3. The van der Waals surface area contributed by atoms with Crippen molar-refractivity contribution in [3.05, 3.63) is 108 Å². The number of hydrogen-bond donors (Lipinski definition) is 8. The minimum atomic E-state index is -1.30. The van der Waals surface area contributed by atoms with Crippen LogP contribution in [0.3, 0.4) is 0 Å². The zero-order valence-corrected chi connectivity index (χ0v) is 25.8. The summed E-state index contributed by atoms with van der Waals surface area (Å²) in [5, 5.41) is 29.7.